The highest BCUT2D eigenvalue weighted by Gasteiger charge is 2.22. The molecule has 1 atom stereocenters. The number of thiazole rings is 1. The Balaban J connectivity index is 0.00000176. The van der Waals surface area contributed by atoms with Crippen LogP contribution < -0.4 is 11.3 Å². The van der Waals surface area contributed by atoms with E-state index in [1.165, 1.54) is 11.3 Å². The van der Waals surface area contributed by atoms with Gasteiger partial charge in [-0.1, -0.05) is 0 Å². The topological polar surface area (TPSA) is 63.6 Å². The van der Waals surface area contributed by atoms with Crippen LogP contribution in [-0.4, -0.2) is 33.4 Å². The molecule has 22 heavy (non-hydrogen) atoms. The highest BCUT2D eigenvalue weighted by molar-refractivity contribution is 7.15. The molecule has 122 valence electrons. The van der Waals surface area contributed by atoms with Crippen molar-refractivity contribution in [2.45, 2.75) is 39.3 Å². The zero-order valence-electron chi connectivity index (χ0n) is 13.0. The molecule has 5 nitrogen and oxygen atoms in total. The van der Waals surface area contributed by atoms with Crippen molar-refractivity contribution in [1.29, 1.82) is 0 Å². The number of aryl methyl sites for hydroxylation is 1. The normalized spacial score (nSPS) is 18.3. The molecule has 2 N–H and O–H groups in total. The average molecular weight is 343 g/mol. The predicted molar refractivity (Wildman–Crippen MR) is 93.0 cm³/mol. The first-order valence-electron chi connectivity index (χ1n) is 7.49. The largest absolute Gasteiger partial charge is 0.328 e. The zero-order chi connectivity index (χ0) is 15.0. The second-order valence-corrected chi connectivity index (χ2v) is 6.89. The van der Waals surface area contributed by atoms with E-state index in [1.807, 2.05) is 12.3 Å². The van der Waals surface area contributed by atoms with Gasteiger partial charge in [0, 0.05) is 29.7 Å². The van der Waals surface area contributed by atoms with E-state index < -0.39 is 0 Å². The molecule has 0 spiro atoms. The van der Waals surface area contributed by atoms with Gasteiger partial charge in [-0.05, 0) is 45.7 Å². The van der Waals surface area contributed by atoms with Crippen LogP contribution in [-0.2, 0) is 6.54 Å². The molecule has 0 bridgehead atoms. The van der Waals surface area contributed by atoms with E-state index in [4.69, 9.17) is 5.73 Å². The molecule has 2 aromatic heterocycles. The van der Waals surface area contributed by atoms with Crippen molar-refractivity contribution in [2.24, 2.45) is 11.7 Å². The van der Waals surface area contributed by atoms with Gasteiger partial charge < -0.3 is 5.73 Å². The molecule has 3 rings (SSSR count). The summed E-state index contributed by atoms with van der Waals surface area (Å²) < 4.78 is 1.68. The highest BCUT2D eigenvalue weighted by atomic mass is 35.5. The van der Waals surface area contributed by atoms with E-state index in [0.717, 1.165) is 48.8 Å². The first-order valence-corrected chi connectivity index (χ1v) is 8.37. The van der Waals surface area contributed by atoms with Gasteiger partial charge in [0.15, 0.2) is 4.96 Å². The Morgan fingerprint density at radius 1 is 1.45 bits per heavy atom. The minimum atomic E-state index is 0. The summed E-state index contributed by atoms with van der Waals surface area (Å²) in [5, 5.41) is 1.97. The Morgan fingerprint density at radius 2 is 2.14 bits per heavy atom. The summed E-state index contributed by atoms with van der Waals surface area (Å²) in [5.74, 6) is 0.627. The third-order valence-corrected chi connectivity index (χ3v) is 5.33. The lowest BCUT2D eigenvalue weighted by atomic mass is 9.91. The van der Waals surface area contributed by atoms with E-state index in [1.54, 1.807) is 10.5 Å². The number of rotatable bonds is 3. The molecule has 1 fully saturated rings. The molecular weight excluding hydrogens is 320 g/mol. The molecule has 0 amide bonds. The number of halogens is 1. The van der Waals surface area contributed by atoms with E-state index in [0.29, 0.717) is 5.92 Å². The molecule has 3 heterocycles. The average Bonchev–Trinajstić information content (AvgIpc) is 2.81. The predicted octanol–water partition coefficient (Wildman–Crippen LogP) is 2.05. The number of piperidine rings is 1. The van der Waals surface area contributed by atoms with E-state index in [2.05, 4.69) is 16.8 Å². The molecule has 0 saturated carbocycles. The molecule has 1 aliphatic rings. The van der Waals surface area contributed by atoms with Gasteiger partial charge >= 0.3 is 0 Å². The molecule has 0 aliphatic carbocycles. The SMILES string of the molecule is Cc1csc2nc(CN3CCC(C(C)N)CC3)cc(=O)n12.Cl. The minimum absolute atomic E-state index is 0. The first kappa shape index (κ1) is 17.4. The summed E-state index contributed by atoms with van der Waals surface area (Å²) in [6.07, 6.45) is 2.27. The van der Waals surface area contributed by atoms with Crippen LogP contribution in [0.2, 0.25) is 0 Å². The van der Waals surface area contributed by atoms with Gasteiger partial charge in [0.2, 0.25) is 0 Å². The van der Waals surface area contributed by atoms with Crippen molar-refractivity contribution in [1.82, 2.24) is 14.3 Å². The molecule has 1 unspecified atom stereocenters. The summed E-state index contributed by atoms with van der Waals surface area (Å²) in [7, 11) is 0. The van der Waals surface area contributed by atoms with Crippen LogP contribution in [0.15, 0.2) is 16.2 Å². The van der Waals surface area contributed by atoms with Crippen molar-refractivity contribution in [3.8, 4) is 0 Å². The van der Waals surface area contributed by atoms with Crippen LogP contribution in [0.25, 0.3) is 4.96 Å². The number of aromatic nitrogens is 2. The number of fused-ring (bicyclic) bond motifs is 1. The first-order chi connectivity index (χ1) is 10.0. The molecule has 7 heteroatoms. The Kier molecular flexibility index (Phi) is 5.60. The molecule has 1 aliphatic heterocycles. The maximum absolute atomic E-state index is 12.2. The fourth-order valence-electron chi connectivity index (χ4n) is 3.05. The highest BCUT2D eigenvalue weighted by Crippen LogP contribution is 2.21. The lowest BCUT2D eigenvalue weighted by Gasteiger charge is -2.33. The fourth-order valence-corrected chi connectivity index (χ4v) is 3.94. The van der Waals surface area contributed by atoms with Gasteiger partial charge in [-0.15, -0.1) is 23.7 Å². The molecule has 0 radical (unpaired) electrons. The Hall–Kier alpha value is -0.950. The third kappa shape index (κ3) is 3.51. The van der Waals surface area contributed by atoms with Gasteiger partial charge in [-0.3, -0.25) is 14.1 Å². The number of likely N-dealkylation sites (tertiary alicyclic amines) is 1. The van der Waals surface area contributed by atoms with Crippen LogP contribution in [0.4, 0.5) is 0 Å². The van der Waals surface area contributed by atoms with Gasteiger partial charge in [-0.2, -0.15) is 0 Å². The number of hydrogen-bond donors (Lipinski definition) is 1. The van der Waals surface area contributed by atoms with Crippen molar-refractivity contribution in [3.05, 3.63) is 33.2 Å². The fraction of sp³-hybridized carbons (Fsp3) is 0.600. The Labute approximate surface area is 140 Å². The third-order valence-electron chi connectivity index (χ3n) is 4.39. The Bertz CT molecular complexity index is 688. The minimum Gasteiger partial charge on any atom is -0.328 e. The van der Waals surface area contributed by atoms with Crippen LogP contribution in [0.1, 0.15) is 31.2 Å². The summed E-state index contributed by atoms with van der Waals surface area (Å²) in [6, 6.07) is 1.95. The zero-order valence-corrected chi connectivity index (χ0v) is 14.6. The van der Waals surface area contributed by atoms with Gasteiger partial charge in [0.05, 0.1) is 5.69 Å². The molecule has 0 aromatic carbocycles. The quantitative estimate of drug-likeness (QED) is 0.927. The van der Waals surface area contributed by atoms with Crippen LogP contribution >= 0.6 is 23.7 Å². The summed E-state index contributed by atoms with van der Waals surface area (Å²) in [6.45, 7) is 6.86. The molecule has 2 aromatic rings. The second-order valence-electron chi connectivity index (χ2n) is 6.05. The monoisotopic (exact) mass is 342 g/mol. The van der Waals surface area contributed by atoms with Gasteiger partial charge in [0.1, 0.15) is 0 Å². The molecular formula is C15H23ClN4OS. The standard InChI is InChI=1S/C15H22N4OS.ClH/c1-10-9-21-15-17-13(7-14(20)19(10)15)8-18-5-3-12(4-6-18)11(2)16;/h7,9,11-12H,3-6,8,16H2,1-2H3;1H. The van der Waals surface area contributed by atoms with Crippen LogP contribution in [0.5, 0.6) is 0 Å². The van der Waals surface area contributed by atoms with E-state index in [9.17, 15) is 4.79 Å². The molecule has 1 saturated heterocycles. The van der Waals surface area contributed by atoms with Gasteiger partial charge in [-0.25, -0.2) is 4.98 Å². The summed E-state index contributed by atoms with van der Waals surface area (Å²) >= 11 is 1.53. The lowest BCUT2D eigenvalue weighted by Crippen LogP contribution is -2.39. The van der Waals surface area contributed by atoms with Crippen molar-refractivity contribution in [2.75, 3.05) is 13.1 Å². The number of nitrogens with two attached hydrogens (primary N) is 1. The van der Waals surface area contributed by atoms with Gasteiger partial charge in [0.25, 0.3) is 5.56 Å². The maximum atomic E-state index is 12.2. The van der Waals surface area contributed by atoms with Crippen molar-refractivity contribution >= 4 is 28.7 Å². The van der Waals surface area contributed by atoms with Crippen molar-refractivity contribution in [3.63, 3.8) is 0 Å². The summed E-state index contributed by atoms with van der Waals surface area (Å²) in [4.78, 5) is 19.9. The Morgan fingerprint density at radius 3 is 2.77 bits per heavy atom. The van der Waals surface area contributed by atoms with E-state index >= 15 is 0 Å². The number of hydrogen-bond acceptors (Lipinski definition) is 5. The summed E-state index contributed by atoms with van der Waals surface area (Å²) in [5.41, 5.74) is 7.83. The second kappa shape index (κ2) is 7.08. The lowest BCUT2D eigenvalue weighted by molar-refractivity contribution is 0.164. The van der Waals surface area contributed by atoms with Crippen molar-refractivity contribution < 1.29 is 0 Å². The van der Waals surface area contributed by atoms with Crippen LogP contribution in [0, 0.1) is 12.8 Å². The van der Waals surface area contributed by atoms with Crippen LogP contribution in [0.3, 0.4) is 0 Å². The maximum Gasteiger partial charge on any atom is 0.259 e. The number of nitrogens with zero attached hydrogens (tertiary/aromatic N) is 3. The smallest absolute Gasteiger partial charge is 0.259 e. The van der Waals surface area contributed by atoms with E-state index in [-0.39, 0.29) is 24.0 Å².